The van der Waals surface area contributed by atoms with E-state index in [9.17, 15) is 4.79 Å². The number of carbonyl (C=O) groups excluding carboxylic acids is 1. The number of anilines is 1. The van der Waals surface area contributed by atoms with E-state index in [-0.39, 0.29) is 18.2 Å². The number of benzene rings is 2. The molecule has 0 saturated carbocycles. The number of aryl methyl sites for hydroxylation is 3. The van der Waals surface area contributed by atoms with Crippen molar-refractivity contribution in [2.75, 3.05) is 5.32 Å². The van der Waals surface area contributed by atoms with Crippen molar-refractivity contribution in [1.82, 2.24) is 14.9 Å². The molecule has 0 aliphatic rings. The molecule has 0 bridgehead atoms. The summed E-state index contributed by atoms with van der Waals surface area (Å²) in [6, 6.07) is 15.3. The lowest BCUT2D eigenvalue weighted by molar-refractivity contribution is 0.101. The van der Waals surface area contributed by atoms with Gasteiger partial charge in [-0.3, -0.25) is 9.48 Å². The summed E-state index contributed by atoms with van der Waals surface area (Å²) < 4.78 is 13.0. The first kappa shape index (κ1) is 22.6. The summed E-state index contributed by atoms with van der Waals surface area (Å²) in [6.45, 7) is 8.26. The number of nitrogens with zero attached hydrogens (tertiary/aromatic N) is 3. The monoisotopic (exact) mass is 464 g/mol. The molecule has 8 heteroatoms. The summed E-state index contributed by atoms with van der Waals surface area (Å²) in [4.78, 5) is 13.1. The molecule has 0 aliphatic heterocycles. The fourth-order valence-electron chi connectivity index (χ4n) is 3.54. The second-order valence-electron chi connectivity index (χ2n) is 7.96. The van der Waals surface area contributed by atoms with Crippen LogP contribution in [0.5, 0.6) is 5.75 Å². The normalized spacial score (nSPS) is 10.9. The molecule has 33 heavy (non-hydrogen) atoms. The van der Waals surface area contributed by atoms with Crippen LogP contribution in [0.3, 0.4) is 0 Å². The molecule has 0 radical (unpaired) electrons. The molecule has 0 saturated heterocycles. The summed E-state index contributed by atoms with van der Waals surface area (Å²) in [5, 5.41) is 12.2. The van der Waals surface area contributed by atoms with Crippen molar-refractivity contribution in [2.24, 2.45) is 0 Å². The zero-order chi connectivity index (χ0) is 23.5. The second-order valence-corrected chi connectivity index (χ2v) is 8.39. The van der Waals surface area contributed by atoms with Crippen LogP contribution < -0.4 is 10.1 Å². The Hall–Kier alpha value is -3.58. The van der Waals surface area contributed by atoms with E-state index in [1.54, 1.807) is 6.92 Å². The minimum atomic E-state index is -0.372. The highest BCUT2D eigenvalue weighted by Crippen LogP contribution is 2.24. The molecule has 0 atom stereocenters. The van der Waals surface area contributed by atoms with Gasteiger partial charge in [0.2, 0.25) is 0 Å². The van der Waals surface area contributed by atoms with Crippen LogP contribution in [0.1, 0.15) is 44.3 Å². The van der Waals surface area contributed by atoms with Crippen molar-refractivity contribution < 1.29 is 14.1 Å². The van der Waals surface area contributed by atoms with Crippen molar-refractivity contribution in [3.05, 3.63) is 93.1 Å². The van der Waals surface area contributed by atoms with Gasteiger partial charge < -0.3 is 14.6 Å². The van der Waals surface area contributed by atoms with Crippen LogP contribution in [0.25, 0.3) is 0 Å². The van der Waals surface area contributed by atoms with Crippen molar-refractivity contribution in [1.29, 1.82) is 0 Å². The summed E-state index contributed by atoms with van der Waals surface area (Å²) >= 11 is 6.10. The number of aromatic nitrogens is 3. The van der Waals surface area contributed by atoms with Crippen LogP contribution in [0.4, 0.5) is 5.69 Å². The summed E-state index contributed by atoms with van der Waals surface area (Å²) in [6.07, 6.45) is 0. The first-order chi connectivity index (χ1) is 15.8. The van der Waals surface area contributed by atoms with Gasteiger partial charge in [-0.15, -0.1) is 0 Å². The van der Waals surface area contributed by atoms with E-state index in [1.807, 2.05) is 74.0 Å². The number of nitrogens with one attached hydrogen (secondary N) is 1. The molecule has 4 rings (SSSR count). The molecule has 2 aromatic heterocycles. The first-order valence-corrected chi connectivity index (χ1v) is 10.9. The molecule has 2 heterocycles. The Bertz CT molecular complexity index is 1290. The van der Waals surface area contributed by atoms with E-state index in [2.05, 4.69) is 15.6 Å². The van der Waals surface area contributed by atoms with Gasteiger partial charge in [0.05, 0.1) is 29.2 Å². The summed E-state index contributed by atoms with van der Waals surface area (Å²) in [7, 11) is 0. The minimum Gasteiger partial charge on any atom is -0.489 e. The van der Waals surface area contributed by atoms with Gasteiger partial charge in [0, 0.05) is 5.02 Å². The molecule has 7 nitrogen and oxygen atoms in total. The zero-order valence-corrected chi connectivity index (χ0v) is 19.7. The predicted octanol–water partition coefficient (Wildman–Crippen LogP) is 5.64. The lowest BCUT2D eigenvalue weighted by Gasteiger charge is -2.09. The molecular formula is C25H25ClN4O3. The average molecular weight is 465 g/mol. The van der Waals surface area contributed by atoms with Gasteiger partial charge in [0.1, 0.15) is 18.1 Å². The third-order valence-electron chi connectivity index (χ3n) is 5.45. The molecule has 1 N–H and O–H groups in total. The van der Waals surface area contributed by atoms with E-state index >= 15 is 0 Å². The Morgan fingerprint density at radius 2 is 1.88 bits per heavy atom. The molecule has 0 spiro atoms. The fraction of sp³-hybridized carbons (Fsp3) is 0.240. The highest BCUT2D eigenvalue weighted by molar-refractivity contribution is 6.30. The number of ether oxygens (including phenoxy) is 1. The molecule has 170 valence electrons. The quantitative estimate of drug-likeness (QED) is 0.383. The van der Waals surface area contributed by atoms with Crippen molar-refractivity contribution >= 4 is 23.2 Å². The van der Waals surface area contributed by atoms with Crippen molar-refractivity contribution in [2.45, 2.75) is 40.8 Å². The maximum absolute atomic E-state index is 13.1. The standard InChI is InChI=1S/C25H25ClN4O3/c1-15-8-10-21(11-9-15)32-14-22-18(4)33-29-24(22)25(31)27-23-16(2)28-30(17(23)3)13-19-6-5-7-20(26)12-19/h5-12H,13-14H2,1-4H3,(H,27,31). The van der Waals surface area contributed by atoms with Gasteiger partial charge in [-0.25, -0.2) is 0 Å². The van der Waals surface area contributed by atoms with Crippen molar-refractivity contribution in [3.8, 4) is 5.75 Å². The molecule has 1 amide bonds. The van der Waals surface area contributed by atoms with Crippen molar-refractivity contribution in [3.63, 3.8) is 0 Å². The Morgan fingerprint density at radius 1 is 1.12 bits per heavy atom. The largest absolute Gasteiger partial charge is 0.489 e. The summed E-state index contributed by atoms with van der Waals surface area (Å²) in [5.74, 6) is 0.877. The van der Waals surface area contributed by atoms with Gasteiger partial charge in [0.15, 0.2) is 5.69 Å². The van der Waals surface area contributed by atoms with E-state index in [4.69, 9.17) is 20.9 Å². The van der Waals surface area contributed by atoms with Crippen LogP contribution in [0.15, 0.2) is 53.1 Å². The Kier molecular flexibility index (Phi) is 6.51. The van der Waals surface area contributed by atoms with Crippen LogP contribution in [-0.4, -0.2) is 20.8 Å². The molecule has 0 aliphatic carbocycles. The maximum atomic E-state index is 13.1. The van der Waals surface area contributed by atoms with Crippen LogP contribution in [-0.2, 0) is 13.2 Å². The molecule has 0 fully saturated rings. The number of halogens is 1. The number of rotatable bonds is 7. The second kappa shape index (κ2) is 9.50. The Balaban J connectivity index is 1.51. The number of carbonyl (C=O) groups is 1. The lowest BCUT2D eigenvalue weighted by atomic mass is 10.2. The SMILES string of the molecule is Cc1ccc(OCc2c(C(=O)Nc3c(C)nn(Cc4cccc(Cl)c4)c3C)noc2C)cc1. The minimum absolute atomic E-state index is 0.174. The zero-order valence-electron chi connectivity index (χ0n) is 19.0. The highest BCUT2D eigenvalue weighted by atomic mass is 35.5. The number of hydrogen-bond acceptors (Lipinski definition) is 5. The average Bonchev–Trinajstić information content (AvgIpc) is 3.27. The fourth-order valence-corrected chi connectivity index (χ4v) is 3.76. The van der Waals surface area contributed by atoms with E-state index < -0.39 is 0 Å². The number of hydrogen-bond donors (Lipinski definition) is 1. The molecule has 0 unspecified atom stereocenters. The van der Waals surface area contributed by atoms with Crippen LogP contribution in [0, 0.1) is 27.7 Å². The molecular weight excluding hydrogens is 440 g/mol. The third-order valence-corrected chi connectivity index (χ3v) is 5.68. The van der Waals surface area contributed by atoms with Gasteiger partial charge in [-0.1, -0.05) is 46.6 Å². The maximum Gasteiger partial charge on any atom is 0.278 e. The molecule has 2 aromatic carbocycles. The van der Waals surface area contributed by atoms with Crippen LogP contribution >= 0.6 is 11.6 Å². The number of amides is 1. The van der Waals surface area contributed by atoms with Crippen LogP contribution in [0.2, 0.25) is 5.02 Å². The van der Waals surface area contributed by atoms with E-state index in [0.29, 0.717) is 40.0 Å². The van der Waals surface area contributed by atoms with Gasteiger partial charge >= 0.3 is 0 Å². The predicted molar refractivity (Wildman–Crippen MR) is 127 cm³/mol. The Morgan fingerprint density at radius 3 is 2.61 bits per heavy atom. The van der Waals surface area contributed by atoms with E-state index in [1.165, 1.54) is 0 Å². The Labute approximate surface area is 197 Å². The highest BCUT2D eigenvalue weighted by Gasteiger charge is 2.23. The molecule has 4 aromatic rings. The smallest absolute Gasteiger partial charge is 0.278 e. The summed E-state index contributed by atoms with van der Waals surface area (Å²) in [5.41, 5.74) is 5.15. The third kappa shape index (κ3) is 5.09. The van der Waals surface area contributed by atoms with Gasteiger partial charge in [-0.05, 0) is 57.5 Å². The topological polar surface area (TPSA) is 82.2 Å². The van der Waals surface area contributed by atoms with E-state index in [0.717, 1.165) is 16.8 Å². The lowest BCUT2D eigenvalue weighted by Crippen LogP contribution is -2.16. The van der Waals surface area contributed by atoms with Gasteiger partial charge in [-0.2, -0.15) is 5.10 Å². The first-order valence-electron chi connectivity index (χ1n) is 10.6. The van der Waals surface area contributed by atoms with Gasteiger partial charge in [0.25, 0.3) is 5.91 Å².